The molecule has 3 heterocycles. The summed E-state index contributed by atoms with van der Waals surface area (Å²) in [7, 11) is 0. The van der Waals surface area contributed by atoms with E-state index >= 15 is 0 Å². The number of halogens is 1. The minimum atomic E-state index is -0.221. The number of nitrogens with one attached hydrogen (secondary N) is 3. The number of carbonyl (C=O) groups is 1. The fraction of sp³-hybridized carbons (Fsp3) is 0.353. The summed E-state index contributed by atoms with van der Waals surface area (Å²) in [6.45, 7) is 3.86. The van der Waals surface area contributed by atoms with E-state index in [2.05, 4.69) is 25.9 Å². The molecule has 4 rings (SSSR count). The Morgan fingerprint density at radius 2 is 2.08 bits per heavy atom. The number of H-pyrrole nitrogens is 1. The second-order valence-corrected chi connectivity index (χ2v) is 6.15. The van der Waals surface area contributed by atoms with Gasteiger partial charge in [0, 0.05) is 17.1 Å². The van der Waals surface area contributed by atoms with Crippen LogP contribution in [-0.2, 0) is 0 Å². The molecule has 25 heavy (non-hydrogen) atoms. The number of nitrogens with zero attached hydrogens (tertiary/aromatic N) is 3. The predicted molar refractivity (Wildman–Crippen MR) is 99.4 cm³/mol. The number of benzene rings is 1. The van der Waals surface area contributed by atoms with Crippen molar-refractivity contribution in [1.82, 2.24) is 25.3 Å². The van der Waals surface area contributed by atoms with E-state index in [-0.39, 0.29) is 18.3 Å². The van der Waals surface area contributed by atoms with Crippen molar-refractivity contribution in [2.45, 2.75) is 25.8 Å². The van der Waals surface area contributed by atoms with Gasteiger partial charge in [0.25, 0.3) is 5.91 Å². The van der Waals surface area contributed by atoms with Crippen molar-refractivity contribution in [1.29, 1.82) is 0 Å². The van der Waals surface area contributed by atoms with Crippen molar-refractivity contribution in [2.24, 2.45) is 0 Å². The highest BCUT2D eigenvalue weighted by atomic mass is 35.5. The monoisotopic (exact) mass is 360 g/mol. The maximum absolute atomic E-state index is 12.6. The first-order chi connectivity index (χ1) is 11.7. The lowest BCUT2D eigenvalue weighted by atomic mass is 10.1. The number of carbonyl (C=O) groups excluding carboxylic acids is 1. The third-order valence-corrected chi connectivity index (χ3v) is 4.64. The molecule has 0 atom stereocenters. The molecule has 0 bridgehead atoms. The van der Waals surface area contributed by atoms with Crippen molar-refractivity contribution in [2.75, 3.05) is 18.4 Å². The third kappa shape index (κ3) is 3.25. The Morgan fingerprint density at radius 3 is 2.88 bits per heavy atom. The number of rotatable bonds is 3. The van der Waals surface area contributed by atoms with Gasteiger partial charge in [-0.3, -0.25) is 4.79 Å². The van der Waals surface area contributed by atoms with Crippen LogP contribution in [0.3, 0.4) is 0 Å². The van der Waals surface area contributed by atoms with Crippen LogP contribution in [0.5, 0.6) is 0 Å². The molecule has 3 N–H and O–H groups in total. The van der Waals surface area contributed by atoms with E-state index in [1.165, 1.54) is 0 Å². The maximum atomic E-state index is 12.6. The van der Waals surface area contributed by atoms with E-state index in [1.807, 2.05) is 42.1 Å². The Morgan fingerprint density at radius 1 is 1.28 bits per heavy atom. The highest BCUT2D eigenvalue weighted by molar-refractivity contribution is 6.08. The smallest absolute Gasteiger partial charge is 0.278 e. The Kier molecular flexibility index (Phi) is 5.06. The Bertz CT molecular complexity index is 880. The number of aromatic amines is 1. The lowest BCUT2D eigenvalue weighted by Gasteiger charge is -2.23. The predicted octanol–water partition coefficient (Wildman–Crippen LogP) is 2.67. The minimum absolute atomic E-state index is 0. The highest BCUT2D eigenvalue weighted by Crippen LogP contribution is 2.24. The number of piperidine rings is 1. The van der Waals surface area contributed by atoms with E-state index < -0.39 is 0 Å². The summed E-state index contributed by atoms with van der Waals surface area (Å²) in [5, 5.41) is 15.6. The summed E-state index contributed by atoms with van der Waals surface area (Å²) in [4.78, 5) is 15.8. The first kappa shape index (κ1) is 17.4. The number of aromatic nitrogens is 4. The van der Waals surface area contributed by atoms with Crippen molar-refractivity contribution < 1.29 is 4.79 Å². The molecule has 8 heteroatoms. The van der Waals surface area contributed by atoms with Crippen molar-refractivity contribution in [3.8, 4) is 0 Å². The molecule has 1 aliphatic heterocycles. The molecule has 1 saturated heterocycles. The number of hydrogen-bond acceptors (Lipinski definition) is 4. The molecule has 0 spiro atoms. The molecule has 0 unspecified atom stereocenters. The zero-order valence-corrected chi connectivity index (χ0v) is 14.8. The Balaban J connectivity index is 0.00000182. The number of amides is 1. The van der Waals surface area contributed by atoms with Gasteiger partial charge >= 0.3 is 0 Å². The maximum Gasteiger partial charge on any atom is 0.278 e. The third-order valence-electron chi connectivity index (χ3n) is 4.64. The number of fused-ring (bicyclic) bond motifs is 1. The highest BCUT2D eigenvalue weighted by Gasteiger charge is 2.23. The van der Waals surface area contributed by atoms with E-state index in [1.54, 1.807) is 0 Å². The quantitative estimate of drug-likeness (QED) is 0.670. The fourth-order valence-corrected chi connectivity index (χ4v) is 3.32. The van der Waals surface area contributed by atoms with E-state index in [4.69, 9.17) is 0 Å². The first-order valence-corrected chi connectivity index (χ1v) is 8.24. The average Bonchev–Trinajstić information content (AvgIpc) is 3.23. The summed E-state index contributed by atoms with van der Waals surface area (Å²) in [6.07, 6.45) is 3.88. The normalized spacial score (nSPS) is 15.1. The Labute approximate surface area is 151 Å². The lowest BCUT2D eigenvalue weighted by Crippen LogP contribution is -2.30. The topological polar surface area (TPSA) is 87.6 Å². The summed E-state index contributed by atoms with van der Waals surface area (Å²) in [6, 6.07) is 8.04. The molecule has 0 saturated carbocycles. The van der Waals surface area contributed by atoms with E-state index in [0.717, 1.165) is 48.2 Å². The molecule has 0 radical (unpaired) electrons. The lowest BCUT2D eigenvalue weighted by molar-refractivity contribution is 0.102. The van der Waals surface area contributed by atoms with Crippen LogP contribution in [0.2, 0.25) is 0 Å². The van der Waals surface area contributed by atoms with E-state index in [0.29, 0.717) is 11.7 Å². The average molecular weight is 361 g/mol. The molecule has 1 aliphatic rings. The molecule has 1 fully saturated rings. The molecule has 7 nitrogen and oxygen atoms in total. The van der Waals surface area contributed by atoms with Crippen LogP contribution in [-0.4, -0.2) is 39.0 Å². The van der Waals surface area contributed by atoms with Gasteiger partial charge < -0.3 is 15.6 Å². The number of anilines is 1. The van der Waals surface area contributed by atoms with Gasteiger partial charge in [0.05, 0.1) is 17.4 Å². The molecular formula is C17H21ClN6O. The van der Waals surface area contributed by atoms with Gasteiger partial charge in [0.15, 0.2) is 5.69 Å². The van der Waals surface area contributed by atoms with Crippen LogP contribution in [0, 0.1) is 6.92 Å². The van der Waals surface area contributed by atoms with Crippen LogP contribution in [0.15, 0.2) is 30.5 Å². The Hall–Kier alpha value is -2.38. The van der Waals surface area contributed by atoms with Crippen molar-refractivity contribution >= 4 is 34.9 Å². The van der Waals surface area contributed by atoms with Crippen LogP contribution < -0.4 is 10.6 Å². The number of hydrogen-bond donors (Lipinski definition) is 3. The first-order valence-electron chi connectivity index (χ1n) is 8.24. The van der Waals surface area contributed by atoms with Crippen LogP contribution in [0.1, 0.15) is 35.1 Å². The fourth-order valence-electron chi connectivity index (χ4n) is 3.32. The van der Waals surface area contributed by atoms with Crippen LogP contribution in [0.25, 0.3) is 10.9 Å². The van der Waals surface area contributed by atoms with E-state index in [9.17, 15) is 4.79 Å². The second-order valence-electron chi connectivity index (χ2n) is 6.15. The summed E-state index contributed by atoms with van der Waals surface area (Å²) < 4.78 is 1.90. The van der Waals surface area contributed by atoms with Gasteiger partial charge in [0.1, 0.15) is 0 Å². The van der Waals surface area contributed by atoms with Gasteiger partial charge in [-0.1, -0.05) is 11.3 Å². The summed E-state index contributed by atoms with van der Waals surface area (Å²) >= 11 is 0. The SMILES string of the molecule is Cc1c(C(=O)Nc2cccc3[nH]ccc23)nnn1C1CCNCC1.Cl. The van der Waals surface area contributed by atoms with Gasteiger partial charge in [-0.2, -0.15) is 0 Å². The van der Waals surface area contributed by atoms with Gasteiger partial charge in [-0.05, 0) is 51.1 Å². The largest absolute Gasteiger partial charge is 0.361 e. The van der Waals surface area contributed by atoms with Crippen molar-refractivity contribution in [3.63, 3.8) is 0 Å². The summed E-state index contributed by atoms with van der Waals surface area (Å²) in [5.41, 5.74) is 2.97. The molecule has 1 aromatic carbocycles. The van der Waals surface area contributed by atoms with Crippen LogP contribution in [0.4, 0.5) is 5.69 Å². The van der Waals surface area contributed by atoms with Gasteiger partial charge in [-0.15, -0.1) is 17.5 Å². The second kappa shape index (κ2) is 7.25. The summed E-state index contributed by atoms with van der Waals surface area (Å²) in [5.74, 6) is -0.221. The molecule has 1 amide bonds. The molecular weight excluding hydrogens is 340 g/mol. The van der Waals surface area contributed by atoms with Crippen molar-refractivity contribution in [3.05, 3.63) is 41.9 Å². The minimum Gasteiger partial charge on any atom is -0.361 e. The molecule has 132 valence electrons. The molecule has 0 aliphatic carbocycles. The van der Waals surface area contributed by atoms with Gasteiger partial charge in [0.2, 0.25) is 0 Å². The van der Waals surface area contributed by atoms with Gasteiger partial charge in [-0.25, -0.2) is 4.68 Å². The zero-order valence-electron chi connectivity index (χ0n) is 14.0. The molecule has 2 aromatic heterocycles. The van der Waals surface area contributed by atoms with Crippen LogP contribution >= 0.6 is 12.4 Å². The standard InChI is InChI=1S/C17H20N6O.ClH/c1-11-16(21-22-23(11)12-5-8-18-9-6-12)17(24)20-15-4-2-3-14-13(15)7-10-19-14;/h2-4,7,10,12,18-19H,5-6,8-9H2,1H3,(H,20,24);1H. The zero-order chi connectivity index (χ0) is 16.5. The molecule has 3 aromatic rings.